The highest BCUT2D eigenvalue weighted by molar-refractivity contribution is 5.96. The van der Waals surface area contributed by atoms with Crippen molar-refractivity contribution in [1.29, 1.82) is 0 Å². The monoisotopic (exact) mass is 652 g/mol. The number of carbonyl (C=O) groups is 5. The van der Waals surface area contributed by atoms with Gasteiger partial charge in [0.2, 0.25) is 11.8 Å². The van der Waals surface area contributed by atoms with E-state index in [9.17, 15) is 42.3 Å². The number of carboxylic acid groups (broad SMARTS) is 1. The molecule has 0 bridgehead atoms. The minimum atomic E-state index is -4.58. The van der Waals surface area contributed by atoms with Crippen LogP contribution in [-0.2, 0) is 19.1 Å². The number of hydrogen-bond donors (Lipinski definition) is 2. The van der Waals surface area contributed by atoms with Gasteiger partial charge in [0.15, 0.2) is 12.3 Å². The summed E-state index contributed by atoms with van der Waals surface area (Å²) in [4.78, 5) is 66.4. The van der Waals surface area contributed by atoms with Crippen LogP contribution in [0.5, 0.6) is 5.88 Å². The average molecular weight is 653 g/mol. The molecule has 2 aliphatic rings. The topological polar surface area (TPSA) is 164 Å². The van der Waals surface area contributed by atoms with Crippen molar-refractivity contribution < 1.29 is 51.7 Å². The predicted molar refractivity (Wildman–Crippen MR) is 153 cm³/mol. The first-order valence-corrected chi connectivity index (χ1v) is 14.8. The first-order valence-electron chi connectivity index (χ1n) is 14.8. The standard InChI is InChI=1S/C29H35F3N6O8/c1-2-45-28(44)36-15-13-35(14-16-36)27(43)20(10-11-25(40)41)33-26(42)21-17-24(38(34-21)19-7-4-3-5-8-19)46-18-23(39)37-12-6-9-22(37)29(30,31)32/h3-5,7-8,17,20,22H,2,6,9-16,18H2,1H3,(H,33,42)(H,40,41). The van der Waals surface area contributed by atoms with E-state index in [0.29, 0.717) is 5.69 Å². The Morgan fingerprint density at radius 3 is 2.35 bits per heavy atom. The quantitative estimate of drug-likeness (QED) is 0.370. The number of likely N-dealkylation sites (tertiary alicyclic amines) is 1. The molecule has 4 amide bonds. The maximum Gasteiger partial charge on any atom is 0.409 e. The Morgan fingerprint density at radius 2 is 1.72 bits per heavy atom. The van der Waals surface area contributed by atoms with E-state index in [4.69, 9.17) is 9.47 Å². The van der Waals surface area contributed by atoms with Crippen LogP contribution < -0.4 is 10.1 Å². The zero-order valence-corrected chi connectivity index (χ0v) is 25.1. The second-order valence-electron chi connectivity index (χ2n) is 10.7. The summed E-state index contributed by atoms with van der Waals surface area (Å²) in [6, 6.07) is 6.34. The van der Waals surface area contributed by atoms with Crippen molar-refractivity contribution in [1.82, 2.24) is 29.8 Å². The zero-order valence-electron chi connectivity index (χ0n) is 25.1. The van der Waals surface area contributed by atoms with E-state index in [2.05, 4.69) is 10.4 Å². The van der Waals surface area contributed by atoms with Crippen molar-refractivity contribution in [3.63, 3.8) is 0 Å². The number of carboxylic acids is 1. The number of aromatic nitrogens is 2. The lowest BCUT2D eigenvalue weighted by Gasteiger charge is -2.35. The Morgan fingerprint density at radius 1 is 1.04 bits per heavy atom. The molecule has 14 nitrogen and oxygen atoms in total. The summed E-state index contributed by atoms with van der Waals surface area (Å²) in [6.45, 7) is 1.70. The Kier molecular flexibility index (Phi) is 11.1. The summed E-state index contributed by atoms with van der Waals surface area (Å²) in [7, 11) is 0. The van der Waals surface area contributed by atoms with E-state index < -0.39 is 61.1 Å². The van der Waals surface area contributed by atoms with Gasteiger partial charge in [0, 0.05) is 45.2 Å². The van der Waals surface area contributed by atoms with E-state index in [1.54, 1.807) is 37.3 Å². The number of para-hydroxylation sites is 1. The molecule has 250 valence electrons. The minimum absolute atomic E-state index is 0.0678. The fourth-order valence-electron chi connectivity index (χ4n) is 5.26. The van der Waals surface area contributed by atoms with E-state index >= 15 is 0 Å². The summed E-state index contributed by atoms with van der Waals surface area (Å²) < 4.78 is 52.0. The number of aliphatic carboxylic acids is 1. The number of hydrogen-bond acceptors (Lipinski definition) is 8. The molecule has 0 radical (unpaired) electrons. The highest BCUT2D eigenvalue weighted by atomic mass is 19.4. The van der Waals surface area contributed by atoms with Gasteiger partial charge in [-0.1, -0.05) is 18.2 Å². The van der Waals surface area contributed by atoms with E-state index in [-0.39, 0.29) is 70.2 Å². The molecule has 2 atom stereocenters. The Hall–Kier alpha value is -4.83. The number of nitrogens with one attached hydrogen (secondary N) is 1. The van der Waals surface area contributed by atoms with Gasteiger partial charge in [0.25, 0.3) is 11.8 Å². The lowest BCUT2D eigenvalue weighted by atomic mass is 10.1. The van der Waals surface area contributed by atoms with Crippen LogP contribution in [0.15, 0.2) is 36.4 Å². The average Bonchev–Trinajstić information content (AvgIpc) is 3.71. The van der Waals surface area contributed by atoms with Gasteiger partial charge in [-0.2, -0.15) is 18.3 Å². The number of halogens is 3. The number of nitrogens with zero attached hydrogens (tertiary/aromatic N) is 5. The first-order chi connectivity index (χ1) is 21.9. The van der Waals surface area contributed by atoms with Gasteiger partial charge in [0.1, 0.15) is 12.1 Å². The largest absolute Gasteiger partial charge is 0.481 e. The molecular formula is C29H35F3N6O8. The molecule has 4 rings (SSSR count). The van der Waals surface area contributed by atoms with Gasteiger partial charge in [-0.25, -0.2) is 9.48 Å². The van der Waals surface area contributed by atoms with Crippen LogP contribution in [-0.4, -0.2) is 124 Å². The molecule has 1 aromatic heterocycles. The first kappa shape index (κ1) is 34.1. The molecule has 2 saturated heterocycles. The third kappa shape index (κ3) is 8.45. The lowest BCUT2D eigenvalue weighted by molar-refractivity contribution is -0.183. The zero-order chi connectivity index (χ0) is 33.4. The summed E-state index contributed by atoms with van der Waals surface area (Å²) in [5, 5.41) is 16.0. The second kappa shape index (κ2) is 15.0. The summed E-state index contributed by atoms with van der Waals surface area (Å²) in [5.41, 5.74) is 0.164. The molecule has 0 saturated carbocycles. The fourth-order valence-corrected chi connectivity index (χ4v) is 5.26. The number of amides is 4. The van der Waals surface area contributed by atoms with Crippen LogP contribution in [0.4, 0.5) is 18.0 Å². The van der Waals surface area contributed by atoms with Crippen molar-refractivity contribution in [3.8, 4) is 11.6 Å². The minimum Gasteiger partial charge on any atom is -0.481 e. The fraction of sp³-hybridized carbons (Fsp3) is 0.517. The van der Waals surface area contributed by atoms with Crippen LogP contribution in [0.3, 0.4) is 0 Å². The molecule has 2 N–H and O–H groups in total. The lowest BCUT2D eigenvalue weighted by Crippen LogP contribution is -2.56. The SMILES string of the molecule is CCOC(=O)N1CCN(C(=O)C(CCC(=O)O)NC(=O)c2cc(OCC(=O)N3CCCC3C(F)(F)F)n(-c3ccccc3)n2)CC1. The number of rotatable bonds is 11. The maximum absolute atomic E-state index is 13.4. The van der Waals surface area contributed by atoms with E-state index in [0.717, 1.165) is 4.90 Å². The van der Waals surface area contributed by atoms with Crippen molar-refractivity contribution in [2.24, 2.45) is 0 Å². The number of alkyl halides is 3. The summed E-state index contributed by atoms with van der Waals surface area (Å²) >= 11 is 0. The van der Waals surface area contributed by atoms with Crippen LogP contribution in [0, 0.1) is 0 Å². The Bertz CT molecular complexity index is 1410. The number of benzene rings is 1. The van der Waals surface area contributed by atoms with Gasteiger partial charge in [-0.3, -0.25) is 19.2 Å². The van der Waals surface area contributed by atoms with Crippen LogP contribution >= 0.6 is 0 Å². The number of ether oxygens (including phenoxy) is 2. The van der Waals surface area contributed by atoms with Crippen molar-refractivity contribution >= 4 is 29.8 Å². The third-order valence-electron chi connectivity index (χ3n) is 7.57. The maximum atomic E-state index is 13.4. The molecule has 1 aromatic carbocycles. The van der Waals surface area contributed by atoms with E-state index in [1.807, 2.05) is 0 Å². The Balaban J connectivity index is 1.49. The number of carbonyl (C=O) groups excluding carboxylic acids is 4. The third-order valence-corrected chi connectivity index (χ3v) is 7.57. The van der Waals surface area contributed by atoms with E-state index in [1.165, 1.54) is 20.5 Å². The van der Waals surface area contributed by atoms with Gasteiger partial charge in [-0.15, -0.1) is 0 Å². The smallest absolute Gasteiger partial charge is 0.409 e. The highest BCUT2D eigenvalue weighted by Crippen LogP contribution is 2.32. The van der Waals surface area contributed by atoms with Gasteiger partial charge < -0.3 is 34.6 Å². The molecule has 2 aliphatic heterocycles. The van der Waals surface area contributed by atoms with Gasteiger partial charge in [-0.05, 0) is 38.3 Å². The van der Waals surface area contributed by atoms with Crippen molar-refractivity contribution in [2.75, 3.05) is 45.9 Å². The second-order valence-corrected chi connectivity index (χ2v) is 10.7. The van der Waals surface area contributed by atoms with Crippen molar-refractivity contribution in [3.05, 3.63) is 42.1 Å². The molecule has 2 fully saturated rings. The molecule has 17 heteroatoms. The molecule has 2 unspecified atom stereocenters. The van der Waals surface area contributed by atoms with Crippen LogP contribution in [0.2, 0.25) is 0 Å². The van der Waals surface area contributed by atoms with Crippen LogP contribution in [0.1, 0.15) is 43.1 Å². The molecule has 46 heavy (non-hydrogen) atoms. The molecule has 0 spiro atoms. The van der Waals surface area contributed by atoms with Gasteiger partial charge >= 0.3 is 18.2 Å². The molecular weight excluding hydrogens is 617 g/mol. The summed E-state index contributed by atoms with van der Waals surface area (Å²) in [5.74, 6) is -3.58. The predicted octanol–water partition coefficient (Wildman–Crippen LogP) is 2.07. The molecule has 0 aliphatic carbocycles. The Labute approximate surface area is 262 Å². The number of piperazine rings is 1. The summed E-state index contributed by atoms with van der Waals surface area (Å²) in [6.07, 6.45) is -5.75. The van der Waals surface area contributed by atoms with Gasteiger partial charge in [0.05, 0.1) is 12.3 Å². The highest BCUT2D eigenvalue weighted by Gasteiger charge is 2.47. The molecule has 3 heterocycles. The van der Waals surface area contributed by atoms with Crippen molar-refractivity contribution in [2.45, 2.75) is 50.9 Å². The normalized spacial score (nSPS) is 17.4. The molecule has 2 aromatic rings. The van der Waals surface area contributed by atoms with Crippen LogP contribution in [0.25, 0.3) is 5.69 Å².